The molecule has 8 heteroatoms. The summed E-state index contributed by atoms with van der Waals surface area (Å²) >= 11 is 0. The van der Waals surface area contributed by atoms with Crippen LogP contribution in [0.25, 0.3) is 0 Å². The average molecular weight is 368 g/mol. The van der Waals surface area contributed by atoms with E-state index in [1.807, 2.05) is 0 Å². The van der Waals surface area contributed by atoms with Crippen molar-refractivity contribution in [3.63, 3.8) is 0 Å². The van der Waals surface area contributed by atoms with Gasteiger partial charge in [0.05, 0.1) is 4.90 Å². The summed E-state index contributed by atoms with van der Waals surface area (Å²) in [5.74, 6) is -2.29. The number of amides is 1. The third-order valence-corrected chi connectivity index (χ3v) is 5.77. The van der Waals surface area contributed by atoms with Crippen LogP contribution in [0.1, 0.15) is 25.5 Å². The van der Waals surface area contributed by atoms with Crippen molar-refractivity contribution in [1.29, 1.82) is 0 Å². The second-order valence-electron chi connectivity index (χ2n) is 5.58. The molecule has 0 spiro atoms. The Balaban J connectivity index is 2.28. The van der Waals surface area contributed by atoms with Crippen LogP contribution in [0.2, 0.25) is 0 Å². The number of carbonyl (C=O) groups excluding carboxylic acids is 1. The van der Waals surface area contributed by atoms with Crippen molar-refractivity contribution in [2.45, 2.75) is 24.8 Å². The molecule has 0 fully saturated rings. The first kappa shape index (κ1) is 19.0. The van der Waals surface area contributed by atoms with Gasteiger partial charge in [0.1, 0.15) is 0 Å². The number of benzene rings is 2. The van der Waals surface area contributed by atoms with Crippen molar-refractivity contribution >= 4 is 21.6 Å². The molecule has 134 valence electrons. The zero-order valence-corrected chi connectivity index (χ0v) is 14.8. The maximum absolute atomic E-state index is 13.4. The van der Waals surface area contributed by atoms with Crippen molar-refractivity contribution in [1.82, 2.24) is 4.31 Å². The first-order chi connectivity index (χ1) is 11.6. The predicted molar refractivity (Wildman–Crippen MR) is 90.5 cm³/mol. The fraction of sp³-hybridized carbons (Fsp3) is 0.235. The van der Waals surface area contributed by atoms with E-state index >= 15 is 0 Å². The lowest BCUT2D eigenvalue weighted by atomic mass is 10.1. The minimum absolute atomic E-state index is 0.0264. The summed E-state index contributed by atoms with van der Waals surface area (Å²) in [5.41, 5.74) is 0.808. The molecule has 1 atom stereocenters. The summed E-state index contributed by atoms with van der Waals surface area (Å²) in [5, 5.41) is 2.55. The van der Waals surface area contributed by atoms with Crippen molar-refractivity contribution in [3.8, 4) is 0 Å². The van der Waals surface area contributed by atoms with Crippen molar-refractivity contribution < 1.29 is 22.0 Å². The summed E-state index contributed by atoms with van der Waals surface area (Å²) in [6.07, 6.45) is 0. The van der Waals surface area contributed by atoms with Crippen LogP contribution < -0.4 is 5.32 Å². The van der Waals surface area contributed by atoms with E-state index in [4.69, 9.17) is 0 Å². The number of hydrogen-bond acceptors (Lipinski definition) is 3. The lowest BCUT2D eigenvalue weighted by molar-refractivity contribution is -0.114. The number of rotatable bonds is 5. The molecule has 1 N–H and O–H groups in total. The Labute approximate surface area is 145 Å². The zero-order valence-electron chi connectivity index (χ0n) is 14.0. The fourth-order valence-corrected chi connectivity index (χ4v) is 3.62. The highest BCUT2D eigenvalue weighted by molar-refractivity contribution is 7.89. The SMILES string of the molecule is CC(=O)Nc1ccc(S(=O)(=O)N(C)C(C)c2ccc(F)c(F)c2)cc1. The van der Waals surface area contributed by atoms with Gasteiger partial charge in [-0.2, -0.15) is 4.31 Å². The van der Waals surface area contributed by atoms with E-state index < -0.39 is 27.7 Å². The maximum Gasteiger partial charge on any atom is 0.243 e. The number of nitrogens with one attached hydrogen (secondary N) is 1. The molecule has 1 amide bonds. The highest BCUT2D eigenvalue weighted by Crippen LogP contribution is 2.27. The predicted octanol–water partition coefficient (Wildman–Crippen LogP) is 3.30. The highest BCUT2D eigenvalue weighted by atomic mass is 32.2. The van der Waals surface area contributed by atoms with Gasteiger partial charge in [-0.15, -0.1) is 0 Å². The average Bonchev–Trinajstić information content (AvgIpc) is 2.56. The summed E-state index contributed by atoms with van der Waals surface area (Å²) in [4.78, 5) is 11.0. The molecular weight excluding hydrogens is 350 g/mol. The van der Waals surface area contributed by atoms with Crippen LogP contribution in [-0.4, -0.2) is 25.7 Å². The Kier molecular flexibility index (Phi) is 5.54. The standard InChI is InChI=1S/C17H18F2N2O3S/c1-11(13-4-9-16(18)17(19)10-13)21(3)25(23,24)15-7-5-14(6-8-15)20-12(2)22/h4-11H,1-3H3,(H,20,22). The molecule has 0 saturated carbocycles. The summed E-state index contributed by atoms with van der Waals surface area (Å²) in [6, 6.07) is 8.28. The molecule has 2 aromatic rings. The van der Waals surface area contributed by atoms with Gasteiger partial charge in [-0.25, -0.2) is 17.2 Å². The van der Waals surface area contributed by atoms with Gasteiger partial charge in [-0.1, -0.05) is 6.07 Å². The summed E-state index contributed by atoms with van der Waals surface area (Å²) < 4.78 is 52.9. The largest absolute Gasteiger partial charge is 0.326 e. The number of nitrogens with zero attached hydrogens (tertiary/aromatic N) is 1. The van der Waals surface area contributed by atoms with Crippen LogP contribution in [0.4, 0.5) is 14.5 Å². The molecular formula is C17H18F2N2O3S. The fourth-order valence-electron chi connectivity index (χ4n) is 2.27. The Hall–Kier alpha value is -2.32. The van der Waals surface area contributed by atoms with E-state index in [0.29, 0.717) is 11.3 Å². The van der Waals surface area contributed by atoms with Crippen molar-refractivity contribution in [2.75, 3.05) is 12.4 Å². The Bertz CT molecular complexity index is 883. The quantitative estimate of drug-likeness (QED) is 0.881. The van der Waals surface area contributed by atoms with Crippen LogP contribution in [0.15, 0.2) is 47.4 Å². The molecule has 5 nitrogen and oxygen atoms in total. The summed E-state index contributed by atoms with van der Waals surface area (Å²) in [6.45, 7) is 2.93. The molecule has 0 saturated heterocycles. The first-order valence-electron chi connectivity index (χ1n) is 7.43. The second kappa shape index (κ2) is 7.28. The molecule has 0 bridgehead atoms. The molecule has 25 heavy (non-hydrogen) atoms. The van der Waals surface area contributed by atoms with Gasteiger partial charge >= 0.3 is 0 Å². The lowest BCUT2D eigenvalue weighted by Crippen LogP contribution is -2.30. The minimum atomic E-state index is -3.85. The van der Waals surface area contributed by atoms with E-state index in [1.54, 1.807) is 6.92 Å². The zero-order chi connectivity index (χ0) is 18.8. The first-order valence-corrected chi connectivity index (χ1v) is 8.87. The van der Waals surface area contributed by atoms with E-state index in [9.17, 15) is 22.0 Å². The van der Waals surface area contributed by atoms with Crippen LogP contribution in [-0.2, 0) is 14.8 Å². The Morgan fingerprint density at radius 1 is 1.08 bits per heavy atom. The normalized spacial score (nSPS) is 12.9. The van der Waals surface area contributed by atoms with Gasteiger partial charge in [-0.3, -0.25) is 4.79 Å². The van der Waals surface area contributed by atoms with E-state index in [-0.39, 0.29) is 10.8 Å². The molecule has 0 aliphatic heterocycles. The van der Waals surface area contributed by atoms with Crippen LogP contribution in [0.5, 0.6) is 0 Å². The maximum atomic E-state index is 13.4. The van der Waals surface area contributed by atoms with Crippen LogP contribution >= 0.6 is 0 Å². The van der Waals surface area contributed by atoms with Gasteiger partial charge in [0.2, 0.25) is 15.9 Å². The van der Waals surface area contributed by atoms with Gasteiger partial charge in [0, 0.05) is 25.7 Å². The van der Waals surface area contributed by atoms with E-state index in [2.05, 4.69) is 5.32 Å². The number of hydrogen-bond donors (Lipinski definition) is 1. The molecule has 2 rings (SSSR count). The lowest BCUT2D eigenvalue weighted by Gasteiger charge is -2.25. The third-order valence-electron chi connectivity index (χ3n) is 3.82. The molecule has 0 heterocycles. The molecule has 0 aliphatic rings. The number of carbonyl (C=O) groups is 1. The third kappa shape index (κ3) is 4.21. The van der Waals surface area contributed by atoms with Gasteiger partial charge in [0.25, 0.3) is 0 Å². The topological polar surface area (TPSA) is 66.5 Å². The molecule has 2 aromatic carbocycles. The van der Waals surface area contributed by atoms with Crippen LogP contribution in [0, 0.1) is 11.6 Å². The molecule has 0 aromatic heterocycles. The highest BCUT2D eigenvalue weighted by Gasteiger charge is 2.26. The van der Waals surface area contributed by atoms with Crippen LogP contribution in [0.3, 0.4) is 0 Å². The second-order valence-corrected chi connectivity index (χ2v) is 7.57. The number of sulfonamides is 1. The van der Waals surface area contributed by atoms with E-state index in [0.717, 1.165) is 16.4 Å². The Morgan fingerprint density at radius 3 is 2.20 bits per heavy atom. The monoisotopic (exact) mass is 368 g/mol. The summed E-state index contributed by atoms with van der Waals surface area (Å²) in [7, 11) is -2.49. The van der Waals surface area contributed by atoms with Crippen molar-refractivity contribution in [2.24, 2.45) is 0 Å². The molecule has 1 unspecified atom stereocenters. The minimum Gasteiger partial charge on any atom is -0.326 e. The Morgan fingerprint density at radius 2 is 1.68 bits per heavy atom. The van der Waals surface area contributed by atoms with E-state index in [1.165, 1.54) is 44.3 Å². The molecule has 0 radical (unpaired) electrons. The smallest absolute Gasteiger partial charge is 0.243 e. The van der Waals surface area contributed by atoms with Crippen molar-refractivity contribution in [3.05, 3.63) is 59.7 Å². The number of halogens is 2. The van der Waals surface area contributed by atoms with Gasteiger partial charge < -0.3 is 5.32 Å². The van der Waals surface area contributed by atoms with Gasteiger partial charge in [-0.05, 0) is 48.9 Å². The number of anilines is 1. The van der Waals surface area contributed by atoms with Gasteiger partial charge in [0.15, 0.2) is 11.6 Å². The molecule has 0 aliphatic carbocycles.